The van der Waals surface area contributed by atoms with E-state index in [-0.39, 0.29) is 10.2 Å². The lowest BCUT2D eigenvalue weighted by Gasteiger charge is -2.13. The highest BCUT2D eigenvalue weighted by molar-refractivity contribution is 7.92. The van der Waals surface area contributed by atoms with Crippen LogP contribution in [0.2, 0.25) is 5.15 Å². The van der Waals surface area contributed by atoms with Gasteiger partial charge in [0.05, 0.1) is 6.33 Å². The standard InChI is InChI=1S/C12H15ClN4O2S/c1-16(2)10-6-4-9(5-7-10)15-20(18,19)12-11(13)17(3)8-14-12/h4-8,15H,1-3H3. The maximum Gasteiger partial charge on any atom is 0.282 e. The summed E-state index contributed by atoms with van der Waals surface area (Å²) in [7, 11) is 1.66. The summed E-state index contributed by atoms with van der Waals surface area (Å²) in [5.41, 5.74) is 1.43. The summed E-state index contributed by atoms with van der Waals surface area (Å²) in [6, 6.07) is 7.00. The molecule has 20 heavy (non-hydrogen) atoms. The van der Waals surface area contributed by atoms with Crippen LogP contribution in [0.15, 0.2) is 35.6 Å². The van der Waals surface area contributed by atoms with Crippen LogP contribution in [0.25, 0.3) is 0 Å². The highest BCUT2D eigenvalue weighted by Crippen LogP contribution is 2.23. The molecular weight excluding hydrogens is 300 g/mol. The maximum absolute atomic E-state index is 12.2. The molecule has 0 aliphatic carbocycles. The molecule has 0 aliphatic heterocycles. The zero-order valence-corrected chi connectivity index (χ0v) is 12.9. The predicted molar refractivity (Wildman–Crippen MR) is 79.8 cm³/mol. The Hall–Kier alpha value is -1.73. The molecule has 0 spiro atoms. The van der Waals surface area contributed by atoms with Gasteiger partial charge in [-0.25, -0.2) is 4.98 Å². The Bertz CT molecular complexity index is 708. The van der Waals surface area contributed by atoms with Crippen molar-refractivity contribution in [3.63, 3.8) is 0 Å². The van der Waals surface area contributed by atoms with Crippen LogP contribution in [-0.4, -0.2) is 32.1 Å². The van der Waals surface area contributed by atoms with Gasteiger partial charge in [-0.1, -0.05) is 11.6 Å². The molecule has 6 nitrogen and oxygen atoms in total. The number of imidazole rings is 1. The van der Waals surface area contributed by atoms with E-state index in [9.17, 15) is 8.42 Å². The number of aromatic nitrogens is 2. The molecule has 0 atom stereocenters. The number of aryl methyl sites for hydroxylation is 1. The second kappa shape index (κ2) is 5.34. The Morgan fingerprint density at radius 2 is 1.85 bits per heavy atom. The first-order valence-electron chi connectivity index (χ1n) is 5.78. The number of nitrogens with one attached hydrogen (secondary N) is 1. The van der Waals surface area contributed by atoms with Crippen molar-refractivity contribution in [2.24, 2.45) is 7.05 Å². The van der Waals surface area contributed by atoms with Gasteiger partial charge in [0, 0.05) is 32.5 Å². The number of hydrogen-bond donors (Lipinski definition) is 1. The molecule has 0 unspecified atom stereocenters. The summed E-state index contributed by atoms with van der Waals surface area (Å²) in [5, 5.41) is -0.110. The highest BCUT2D eigenvalue weighted by Gasteiger charge is 2.22. The lowest BCUT2D eigenvalue weighted by atomic mass is 10.3. The van der Waals surface area contributed by atoms with Gasteiger partial charge in [0.15, 0.2) is 0 Å². The van der Waals surface area contributed by atoms with Crippen molar-refractivity contribution in [3.05, 3.63) is 35.7 Å². The Morgan fingerprint density at radius 3 is 2.30 bits per heavy atom. The Kier molecular flexibility index (Phi) is 3.92. The molecule has 0 aliphatic rings. The zero-order chi connectivity index (χ0) is 14.9. The fraction of sp³-hybridized carbons (Fsp3) is 0.250. The molecule has 8 heteroatoms. The van der Waals surface area contributed by atoms with Crippen molar-refractivity contribution in [2.75, 3.05) is 23.7 Å². The molecule has 0 bridgehead atoms. The molecule has 2 aromatic rings. The van der Waals surface area contributed by atoms with E-state index in [1.165, 1.54) is 10.9 Å². The van der Waals surface area contributed by atoms with Gasteiger partial charge < -0.3 is 9.47 Å². The van der Waals surface area contributed by atoms with E-state index in [2.05, 4.69) is 9.71 Å². The molecule has 0 amide bonds. The van der Waals surface area contributed by atoms with Crippen LogP contribution in [0.1, 0.15) is 0 Å². The van der Waals surface area contributed by atoms with Crippen molar-refractivity contribution < 1.29 is 8.42 Å². The molecule has 1 aromatic carbocycles. The molecule has 2 rings (SSSR count). The minimum Gasteiger partial charge on any atom is -0.378 e. The molecule has 108 valence electrons. The van der Waals surface area contributed by atoms with Crippen LogP contribution >= 0.6 is 11.6 Å². The topological polar surface area (TPSA) is 67.2 Å². The Morgan fingerprint density at radius 1 is 1.25 bits per heavy atom. The van der Waals surface area contributed by atoms with Crippen molar-refractivity contribution in [1.82, 2.24) is 9.55 Å². The molecule has 1 N–H and O–H groups in total. The summed E-state index contributed by atoms with van der Waals surface area (Å²) in [5.74, 6) is 0. The van der Waals surface area contributed by atoms with Gasteiger partial charge in [0.1, 0.15) is 5.15 Å². The van der Waals surface area contributed by atoms with E-state index >= 15 is 0 Å². The average molecular weight is 315 g/mol. The third-order valence-electron chi connectivity index (χ3n) is 2.72. The number of rotatable bonds is 4. The van der Waals surface area contributed by atoms with Gasteiger partial charge in [-0.2, -0.15) is 8.42 Å². The van der Waals surface area contributed by atoms with E-state index in [4.69, 9.17) is 11.6 Å². The largest absolute Gasteiger partial charge is 0.378 e. The number of nitrogens with zero attached hydrogens (tertiary/aromatic N) is 3. The zero-order valence-electron chi connectivity index (χ0n) is 11.3. The summed E-state index contributed by atoms with van der Waals surface area (Å²) in [6.45, 7) is 0. The average Bonchev–Trinajstić information content (AvgIpc) is 2.71. The quantitative estimate of drug-likeness (QED) is 0.936. The van der Waals surface area contributed by atoms with Crippen molar-refractivity contribution in [1.29, 1.82) is 0 Å². The van der Waals surface area contributed by atoms with Gasteiger partial charge in [-0.05, 0) is 24.3 Å². The number of hydrogen-bond acceptors (Lipinski definition) is 4. The van der Waals surface area contributed by atoms with Crippen LogP contribution in [0, 0.1) is 0 Å². The van der Waals surface area contributed by atoms with Crippen molar-refractivity contribution in [3.8, 4) is 0 Å². The van der Waals surface area contributed by atoms with Gasteiger partial charge in [0.25, 0.3) is 10.0 Å². The first-order chi connectivity index (χ1) is 9.31. The van der Waals surface area contributed by atoms with Gasteiger partial charge in [0.2, 0.25) is 5.03 Å². The smallest absolute Gasteiger partial charge is 0.282 e. The van der Waals surface area contributed by atoms with Crippen LogP contribution in [0.4, 0.5) is 11.4 Å². The van der Waals surface area contributed by atoms with E-state index in [1.807, 2.05) is 31.1 Å². The Labute approximate surface area is 123 Å². The predicted octanol–water partition coefficient (Wildman–Crippen LogP) is 1.94. The first kappa shape index (κ1) is 14.7. The lowest BCUT2D eigenvalue weighted by Crippen LogP contribution is -2.14. The van der Waals surface area contributed by atoms with E-state index in [1.54, 1.807) is 19.2 Å². The minimum absolute atomic E-state index is 0.0717. The van der Waals surface area contributed by atoms with Crippen molar-refractivity contribution >= 4 is 33.0 Å². The summed E-state index contributed by atoms with van der Waals surface area (Å²) >= 11 is 5.90. The van der Waals surface area contributed by atoms with E-state index < -0.39 is 10.0 Å². The minimum atomic E-state index is -3.78. The summed E-state index contributed by atoms with van der Waals surface area (Å²) in [6.07, 6.45) is 1.35. The lowest BCUT2D eigenvalue weighted by molar-refractivity contribution is 0.598. The van der Waals surface area contributed by atoms with E-state index in [0.717, 1.165) is 5.69 Å². The second-order valence-electron chi connectivity index (χ2n) is 4.50. The molecule has 0 saturated heterocycles. The highest BCUT2D eigenvalue weighted by atomic mass is 35.5. The van der Waals surface area contributed by atoms with Crippen LogP contribution in [0.3, 0.4) is 0 Å². The van der Waals surface area contributed by atoms with Gasteiger partial charge in [-0.3, -0.25) is 4.72 Å². The van der Waals surface area contributed by atoms with Gasteiger partial charge in [-0.15, -0.1) is 0 Å². The molecule has 1 aromatic heterocycles. The molecule has 0 radical (unpaired) electrons. The van der Waals surface area contributed by atoms with Crippen molar-refractivity contribution in [2.45, 2.75) is 5.03 Å². The van der Waals surface area contributed by atoms with Crippen LogP contribution in [-0.2, 0) is 17.1 Å². The monoisotopic (exact) mass is 314 g/mol. The number of anilines is 2. The third-order valence-corrected chi connectivity index (χ3v) is 4.59. The molecule has 0 saturated carbocycles. The van der Waals surface area contributed by atoms with Crippen LogP contribution in [0.5, 0.6) is 0 Å². The molecular formula is C12H15ClN4O2S. The second-order valence-corrected chi connectivity index (χ2v) is 6.45. The summed E-state index contributed by atoms with van der Waals surface area (Å²) < 4.78 is 28.2. The number of halogens is 1. The fourth-order valence-corrected chi connectivity index (χ4v) is 3.10. The summed E-state index contributed by atoms with van der Waals surface area (Å²) in [4.78, 5) is 5.73. The molecule has 1 heterocycles. The normalized spacial score (nSPS) is 11.4. The van der Waals surface area contributed by atoms with Gasteiger partial charge >= 0.3 is 0 Å². The third kappa shape index (κ3) is 2.88. The maximum atomic E-state index is 12.2. The SMILES string of the molecule is CN(C)c1ccc(NS(=O)(=O)c2ncn(C)c2Cl)cc1. The number of benzene rings is 1. The fourth-order valence-electron chi connectivity index (χ4n) is 1.61. The van der Waals surface area contributed by atoms with Crippen LogP contribution < -0.4 is 9.62 Å². The Balaban J connectivity index is 2.26. The number of sulfonamides is 1. The van der Waals surface area contributed by atoms with E-state index in [0.29, 0.717) is 5.69 Å². The molecule has 0 fully saturated rings. The first-order valence-corrected chi connectivity index (χ1v) is 7.64.